The summed E-state index contributed by atoms with van der Waals surface area (Å²) in [6.45, 7) is 3.96. The van der Waals surface area contributed by atoms with Gasteiger partial charge >= 0.3 is 0 Å². The Bertz CT molecular complexity index is 902. The van der Waals surface area contributed by atoms with Crippen molar-refractivity contribution in [2.24, 2.45) is 0 Å². The summed E-state index contributed by atoms with van der Waals surface area (Å²) >= 11 is 7.78. The smallest absolute Gasteiger partial charge is 0.243 e. The van der Waals surface area contributed by atoms with Gasteiger partial charge in [-0.3, -0.25) is 9.10 Å². The summed E-state index contributed by atoms with van der Waals surface area (Å²) in [5, 5.41) is 3.55. The van der Waals surface area contributed by atoms with Crippen LogP contribution in [0.4, 0.5) is 5.69 Å². The molecule has 0 fully saturated rings. The van der Waals surface area contributed by atoms with Crippen LogP contribution in [0.2, 0.25) is 5.02 Å². The standard InChI is InChI=1S/C20H25ClN2O3S2/c1-15-8-10-18(11-9-15)23(28(3,25)26)16(2)20(24)22-12-13-27-14-17-6-4-5-7-19(17)21/h4-11,16H,12-14H2,1-3H3,(H,22,24)/t16-/m1/s1. The fraction of sp³-hybridized carbons (Fsp3) is 0.350. The summed E-state index contributed by atoms with van der Waals surface area (Å²) < 4.78 is 25.7. The number of nitrogens with one attached hydrogen (secondary N) is 1. The van der Waals surface area contributed by atoms with E-state index in [-0.39, 0.29) is 5.91 Å². The molecule has 0 spiro atoms. The van der Waals surface area contributed by atoms with Crippen LogP contribution < -0.4 is 9.62 Å². The van der Waals surface area contributed by atoms with Gasteiger partial charge < -0.3 is 5.32 Å². The second-order valence-corrected chi connectivity index (χ2v) is 9.88. The van der Waals surface area contributed by atoms with Gasteiger partial charge in [-0.25, -0.2) is 8.42 Å². The first kappa shape index (κ1) is 22.6. The maximum atomic E-state index is 12.5. The van der Waals surface area contributed by atoms with Gasteiger partial charge in [-0.05, 0) is 37.6 Å². The number of amides is 1. The molecule has 5 nitrogen and oxygen atoms in total. The van der Waals surface area contributed by atoms with Crippen molar-refractivity contribution in [1.82, 2.24) is 5.32 Å². The molecule has 2 aromatic carbocycles. The molecule has 0 unspecified atom stereocenters. The molecule has 0 saturated heterocycles. The Morgan fingerprint density at radius 3 is 2.43 bits per heavy atom. The van der Waals surface area contributed by atoms with E-state index in [1.165, 1.54) is 0 Å². The topological polar surface area (TPSA) is 66.5 Å². The third-order valence-corrected chi connectivity index (χ3v) is 6.76. The number of nitrogens with zero attached hydrogens (tertiary/aromatic N) is 1. The first-order chi connectivity index (χ1) is 13.2. The first-order valence-electron chi connectivity index (χ1n) is 8.85. The maximum Gasteiger partial charge on any atom is 0.243 e. The van der Waals surface area contributed by atoms with Gasteiger partial charge in [0.15, 0.2) is 0 Å². The van der Waals surface area contributed by atoms with Crippen LogP contribution in [0.5, 0.6) is 0 Å². The van der Waals surface area contributed by atoms with Gasteiger partial charge in [-0.2, -0.15) is 11.8 Å². The summed E-state index contributed by atoms with van der Waals surface area (Å²) in [5.74, 6) is 1.13. The van der Waals surface area contributed by atoms with Crippen molar-refractivity contribution in [2.75, 3.05) is 22.9 Å². The summed E-state index contributed by atoms with van der Waals surface area (Å²) in [6, 6.07) is 13.9. The number of thioether (sulfide) groups is 1. The zero-order chi connectivity index (χ0) is 20.7. The highest BCUT2D eigenvalue weighted by molar-refractivity contribution is 7.98. The Kier molecular flexibility index (Phi) is 8.22. The quantitative estimate of drug-likeness (QED) is 0.601. The summed E-state index contributed by atoms with van der Waals surface area (Å²) in [7, 11) is -3.60. The van der Waals surface area contributed by atoms with E-state index >= 15 is 0 Å². The molecule has 0 aliphatic rings. The molecule has 0 saturated carbocycles. The number of carbonyl (C=O) groups excluding carboxylic acids is 1. The van der Waals surface area contributed by atoms with E-state index in [0.717, 1.165) is 32.5 Å². The summed E-state index contributed by atoms with van der Waals surface area (Å²) in [5.41, 5.74) is 2.55. The minimum Gasteiger partial charge on any atom is -0.353 e. The molecule has 0 aliphatic heterocycles. The summed E-state index contributed by atoms with van der Waals surface area (Å²) in [6.07, 6.45) is 1.11. The van der Waals surface area contributed by atoms with Crippen LogP contribution >= 0.6 is 23.4 Å². The van der Waals surface area contributed by atoms with Crippen LogP contribution in [0.1, 0.15) is 18.1 Å². The average Bonchev–Trinajstić information content (AvgIpc) is 2.63. The number of rotatable bonds is 9. The van der Waals surface area contributed by atoms with Crippen LogP contribution in [0.15, 0.2) is 48.5 Å². The largest absolute Gasteiger partial charge is 0.353 e. The Morgan fingerprint density at radius 2 is 1.82 bits per heavy atom. The number of hydrogen-bond acceptors (Lipinski definition) is 4. The fourth-order valence-corrected chi connectivity index (χ4v) is 5.01. The lowest BCUT2D eigenvalue weighted by atomic mass is 10.2. The monoisotopic (exact) mass is 440 g/mol. The predicted octanol–water partition coefficient (Wildman–Crippen LogP) is 3.85. The molecular weight excluding hydrogens is 416 g/mol. The molecular formula is C20H25ClN2O3S2. The molecule has 2 rings (SSSR count). The normalized spacial score (nSPS) is 12.4. The number of benzene rings is 2. The van der Waals surface area contributed by atoms with Crippen molar-refractivity contribution in [1.29, 1.82) is 0 Å². The molecule has 0 radical (unpaired) electrons. The molecule has 2 aromatic rings. The molecule has 0 bridgehead atoms. The van der Waals surface area contributed by atoms with Gasteiger partial charge in [0.25, 0.3) is 0 Å². The number of hydrogen-bond donors (Lipinski definition) is 1. The summed E-state index contributed by atoms with van der Waals surface area (Å²) in [4.78, 5) is 12.5. The lowest BCUT2D eigenvalue weighted by molar-refractivity contribution is -0.121. The molecule has 0 aromatic heterocycles. The predicted molar refractivity (Wildman–Crippen MR) is 119 cm³/mol. The van der Waals surface area contributed by atoms with Crippen molar-refractivity contribution >= 4 is 45.0 Å². The molecule has 0 heterocycles. The molecule has 152 valence electrons. The van der Waals surface area contributed by atoms with E-state index in [2.05, 4.69) is 5.32 Å². The minimum absolute atomic E-state index is 0.329. The SMILES string of the molecule is Cc1ccc(N([C@H](C)C(=O)NCCSCc2ccccc2Cl)S(C)(=O)=O)cc1. The van der Waals surface area contributed by atoms with Gasteiger partial charge in [-0.15, -0.1) is 0 Å². The third-order valence-electron chi connectivity index (χ3n) is 4.14. The lowest BCUT2D eigenvalue weighted by Gasteiger charge is -2.28. The molecule has 28 heavy (non-hydrogen) atoms. The van der Waals surface area contributed by atoms with Crippen LogP contribution in [0, 0.1) is 6.92 Å². The lowest BCUT2D eigenvalue weighted by Crippen LogP contribution is -2.48. The van der Waals surface area contributed by atoms with Gasteiger partial charge in [0.2, 0.25) is 15.9 Å². The molecule has 8 heteroatoms. The number of halogens is 1. The fourth-order valence-electron chi connectivity index (χ4n) is 2.69. The van der Waals surface area contributed by atoms with Crippen LogP contribution in [0.3, 0.4) is 0 Å². The van der Waals surface area contributed by atoms with Gasteiger partial charge in [0.05, 0.1) is 11.9 Å². The van der Waals surface area contributed by atoms with E-state index in [0.29, 0.717) is 18.0 Å². The number of anilines is 1. The van der Waals surface area contributed by atoms with E-state index in [1.807, 2.05) is 43.3 Å². The van der Waals surface area contributed by atoms with Crippen molar-refractivity contribution in [2.45, 2.75) is 25.6 Å². The van der Waals surface area contributed by atoms with E-state index < -0.39 is 16.1 Å². The van der Waals surface area contributed by atoms with Crippen molar-refractivity contribution < 1.29 is 13.2 Å². The highest BCUT2D eigenvalue weighted by atomic mass is 35.5. The highest BCUT2D eigenvalue weighted by Gasteiger charge is 2.28. The Labute approximate surface area is 176 Å². The minimum atomic E-state index is -3.60. The molecule has 1 N–H and O–H groups in total. The van der Waals surface area contributed by atoms with Gasteiger partial charge in [0, 0.05) is 23.1 Å². The number of sulfonamides is 1. The Morgan fingerprint density at radius 1 is 1.18 bits per heavy atom. The number of aryl methyl sites for hydroxylation is 1. The Balaban J connectivity index is 1.90. The van der Waals surface area contributed by atoms with E-state index in [9.17, 15) is 13.2 Å². The molecule has 0 aliphatic carbocycles. The average molecular weight is 441 g/mol. The van der Waals surface area contributed by atoms with Crippen LogP contribution in [0.25, 0.3) is 0 Å². The maximum absolute atomic E-state index is 12.5. The van der Waals surface area contributed by atoms with Gasteiger partial charge in [0.1, 0.15) is 6.04 Å². The van der Waals surface area contributed by atoms with Crippen LogP contribution in [-0.4, -0.2) is 38.9 Å². The van der Waals surface area contributed by atoms with E-state index in [4.69, 9.17) is 11.6 Å². The Hall–Kier alpha value is -1.70. The van der Waals surface area contributed by atoms with Crippen molar-refractivity contribution in [3.05, 3.63) is 64.7 Å². The second kappa shape index (κ2) is 10.2. The highest BCUT2D eigenvalue weighted by Crippen LogP contribution is 2.22. The van der Waals surface area contributed by atoms with Crippen molar-refractivity contribution in [3.8, 4) is 0 Å². The second-order valence-electron chi connectivity index (χ2n) is 6.51. The van der Waals surface area contributed by atoms with E-state index in [1.54, 1.807) is 30.8 Å². The van der Waals surface area contributed by atoms with Crippen molar-refractivity contribution in [3.63, 3.8) is 0 Å². The zero-order valence-corrected chi connectivity index (χ0v) is 18.6. The molecule has 1 amide bonds. The first-order valence-corrected chi connectivity index (χ1v) is 12.2. The molecule has 1 atom stereocenters. The number of carbonyl (C=O) groups is 1. The van der Waals surface area contributed by atoms with Gasteiger partial charge in [-0.1, -0.05) is 47.5 Å². The zero-order valence-electron chi connectivity index (χ0n) is 16.2. The van der Waals surface area contributed by atoms with Crippen LogP contribution in [-0.2, 0) is 20.6 Å². The third kappa shape index (κ3) is 6.43.